The fraction of sp³-hybridized carbons (Fsp3) is 0.462. The Hall–Kier alpha value is -0.870. The number of halogens is 1. The van der Waals surface area contributed by atoms with Gasteiger partial charge in [-0.15, -0.1) is 11.8 Å². The van der Waals surface area contributed by atoms with E-state index in [9.17, 15) is 9.18 Å². The van der Waals surface area contributed by atoms with Gasteiger partial charge in [0.2, 0.25) is 0 Å². The average molecular weight is 253 g/mol. The van der Waals surface area contributed by atoms with Crippen molar-refractivity contribution in [2.75, 3.05) is 20.6 Å². The molecule has 1 aliphatic heterocycles. The summed E-state index contributed by atoms with van der Waals surface area (Å²) in [4.78, 5) is 15.2. The summed E-state index contributed by atoms with van der Waals surface area (Å²) in [6.07, 6.45) is 0. The van der Waals surface area contributed by atoms with Crippen LogP contribution >= 0.6 is 11.8 Å². The van der Waals surface area contributed by atoms with Crippen molar-refractivity contribution < 1.29 is 9.18 Å². The lowest BCUT2D eigenvalue weighted by atomic mass is 9.93. The van der Waals surface area contributed by atoms with E-state index >= 15 is 0 Å². The topological polar surface area (TPSA) is 20.3 Å². The van der Waals surface area contributed by atoms with Crippen LogP contribution < -0.4 is 0 Å². The van der Waals surface area contributed by atoms with Crippen LogP contribution in [0.15, 0.2) is 23.1 Å². The average Bonchev–Trinajstić information content (AvgIpc) is 2.25. The zero-order chi connectivity index (χ0) is 12.6. The van der Waals surface area contributed by atoms with Gasteiger partial charge in [0.25, 0.3) is 0 Å². The predicted molar refractivity (Wildman–Crippen MR) is 68.1 cm³/mol. The maximum absolute atomic E-state index is 13.2. The third kappa shape index (κ3) is 2.53. The normalized spacial score (nSPS) is 23.9. The molecule has 2 nitrogen and oxygen atoms in total. The second-order valence-corrected chi connectivity index (χ2v) is 6.12. The van der Waals surface area contributed by atoms with Crippen molar-refractivity contribution >= 4 is 17.5 Å². The number of carbonyl (C=O) groups is 1. The van der Waals surface area contributed by atoms with Crippen LogP contribution in [-0.4, -0.2) is 36.6 Å². The van der Waals surface area contributed by atoms with Gasteiger partial charge in [0.15, 0.2) is 5.78 Å². The van der Waals surface area contributed by atoms with Crippen LogP contribution in [0.1, 0.15) is 17.3 Å². The third-order valence-corrected chi connectivity index (χ3v) is 4.30. The van der Waals surface area contributed by atoms with Crippen molar-refractivity contribution in [3.05, 3.63) is 29.6 Å². The van der Waals surface area contributed by atoms with Crippen molar-refractivity contribution in [3.8, 4) is 0 Å². The van der Waals surface area contributed by atoms with Crippen molar-refractivity contribution in [1.82, 2.24) is 4.90 Å². The van der Waals surface area contributed by atoms with Gasteiger partial charge in [-0.1, -0.05) is 6.92 Å². The Bertz CT molecular complexity index is 447. The van der Waals surface area contributed by atoms with E-state index in [0.29, 0.717) is 12.1 Å². The van der Waals surface area contributed by atoms with Crippen LogP contribution in [-0.2, 0) is 0 Å². The molecule has 0 bridgehead atoms. The van der Waals surface area contributed by atoms with Crippen molar-refractivity contribution in [2.24, 2.45) is 5.92 Å². The van der Waals surface area contributed by atoms with Gasteiger partial charge in [0.1, 0.15) is 5.82 Å². The van der Waals surface area contributed by atoms with Crippen LogP contribution in [0.5, 0.6) is 0 Å². The highest BCUT2D eigenvalue weighted by atomic mass is 32.2. The lowest BCUT2D eigenvalue weighted by molar-refractivity contribution is 0.0890. The number of hydrogen-bond donors (Lipinski definition) is 0. The zero-order valence-corrected chi connectivity index (χ0v) is 11.1. The first-order chi connectivity index (χ1) is 7.99. The van der Waals surface area contributed by atoms with Gasteiger partial charge in [-0.2, -0.15) is 0 Å². The van der Waals surface area contributed by atoms with E-state index in [-0.39, 0.29) is 22.8 Å². The molecule has 1 heterocycles. The number of fused-ring (bicyclic) bond motifs is 1. The molecule has 0 saturated carbocycles. The smallest absolute Gasteiger partial charge is 0.169 e. The number of rotatable bonds is 2. The summed E-state index contributed by atoms with van der Waals surface area (Å²) < 4.78 is 13.2. The fourth-order valence-electron chi connectivity index (χ4n) is 2.12. The SMILES string of the molecule is CC1Sc2ccc(F)cc2C(=O)C1CN(C)C. The Balaban J connectivity index is 2.35. The first kappa shape index (κ1) is 12.6. The molecule has 2 unspecified atom stereocenters. The van der Waals surface area contributed by atoms with Crippen LogP contribution in [0.2, 0.25) is 0 Å². The van der Waals surface area contributed by atoms with Crippen LogP contribution in [0, 0.1) is 11.7 Å². The van der Waals surface area contributed by atoms with E-state index in [0.717, 1.165) is 4.90 Å². The Morgan fingerprint density at radius 3 is 2.76 bits per heavy atom. The minimum Gasteiger partial charge on any atom is -0.309 e. The first-order valence-electron chi connectivity index (χ1n) is 5.64. The van der Waals surface area contributed by atoms with E-state index in [4.69, 9.17) is 0 Å². The van der Waals surface area contributed by atoms with Crippen LogP contribution in [0.4, 0.5) is 4.39 Å². The van der Waals surface area contributed by atoms with Gasteiger partial charge in [0.05, 0.1) is 0 Å². The molecule has 2 atom stereocenters. The summed E-state index contributed by atoms with van der Waals surface area (Å²) in [6, 6.07) is 4.48. The molecule has 0 radical (unpaired) electrons. The largest absolute Gasteiger partial charge is 0.309 e. The van der Waals surface area contributed by atoms with Crippen molar-refractivity contribution in [2.45, 2.75) is 17.1 Å². The zero-order valence-electron chi connectivity index (χ0n) is 10.2. The number of ketones is 1. The summed E-state index contributed by atoms with van der Waals surface area (Å²) >= 11 is 1.66. The molecule has 0 fully saturated rings. The number of nitrogens with zero attached hydrogens (tertiary/aromatic N) is 1. The molecule has 1 aromatic rings. The van der Waals surface area contributed by atoms with Gasteiger partial charge < -0.3 is 4.90 Å². The molecule has 1 aromatic carbocycles. The van der Waals surface area contributed by atoms with E-state index in [1.807, 2.05) is 19.0 Å². The van der Waals surface area contributed by atoms with E-state index in [2.05, 4.69) is 6.92 Å². The van der Waals surface area contributed by atoms with Gasteiger partial charge in [-0.05, 0) is 32.3 Å². The number of Topliss-reactive ketones (excluding diaryl/α,β-unsaturated/α-hetero) is 1. The molecule has 0 spiro atoms. The highest BCUT2D eigenvalue weighted by Crippen LogP contribution is 2.38. The fourth-order valence-corrected chi connectivity index (χ4v) is 3.33. The number of carbonyl (C=O) groups excluding carboxylic acids is 1. The molecule has 0 aliphatic carbocycles. The second-order valence-electron chi connectivity index (χ2n) is 4.70. The quantitative estimate of drug-likeness (QED) is 0.808. The maximum Gasteiger partial charge on any atom is 0.169 e. The number of thioether (sulfide) groups is 1. The van der Waals surface area contributed by atoms with E-state index < -0.39 is 0 Å². The Kier molecular flexibility index (Phi) is 3.54. The van der Waals surface area contributed by atoms with Gasteiger partial charge >= 0.3 is 0 Å². The van der Waals surface area contributed by atoms with Gasteiger partial charge in [-0.25, -0.2) is 4.39 Å². The molecule has 0 N–H and O–H groups in total. The molecule has 0 aromatic heterocycles. The Morgan fingerprint density at radius 2 is 2.12 bits per heavy atom. The van der Waals surface area contributed by atoms with Gasteiger partial charge in [-0.3, -0.25) is 4.79 Å². The number of hydrogen-bond acceptors (Lipinski definition) is 3. The molecule has 4 heteroatoms. The Morgan fingerprint density at radius 1 is 1.41 bits per heavy atom. The summed E-state index contributed by atoms with van der Waals surface area (Å²) in [5, 5.41) is 0.239. The molecule has 0 saturated heterocycles. The summed E-state index contributed by atoms with van der Waals surface area (Å²) in [6.45, 7) is 2.77. The summed E-state index contributed by atoms with van der Waals surface area (Å²) in [7, 11) is 3.90. The minimum absolute atomic E-state index is 0.0516. The van der Waals surface area contributed by atoms with Crippen LogP contribution in [0.3, 0.4) is 0 Å². The van der Waals surface area contributed by atoms with Crippen LogP contribution in [0.25, 0.3) is 0 Å². The standard InChI is InChI=1S/C13H16FNOS/c1-8-11(7-15(2)3)13(16)10-6-9(14)4-5-12(10)17-8/h4-6,8,11H,7H2,1-3H3. The highest BCUT2D eigenvalue weighted by Gasteiger charge is 2.34. The third-order valence-electron chi connectivity index (χ3n) is 2.99. The highest BCUT2D eigenvalue weighted by molar-refractivity contribution is 8.00. The van der Waals surface area contributed by atoms with Gasteiger partial charge in [0, 0.05) is 28.2 Å². The van der Waals surface area contributed by atoms with Crippen molar-refractivity contribution in [3.63, 3.8) is 0 Å². The molecular formula is C13H16FNOS. The van der Waals surface area contributed by atoms with E-state index in [1.54, 1.807) is 17.8 Å². The molecule has 1 aliphatic rings. The lowest BCUT2D eigenvalue weighted by Gasteiger charge is -2.30. The monoisotopic (exact) mass is 253 g/mol. The Labute approximate surface area is 105 Å². The molecule has 0 amide bonds. The molecular weight excluding hydrogens is 237 g/mol. The van der Waals surface area contributed by atoms with Crippen molar-refractivity contribution in [1.29, 1.82) is 0 Å². The molecule has 17 heavy (non-hydrogen) atoms. The van der Waals surface area contributed by atoms with E-state index in [1.165, 1.54) is 12.1 Å². The first-order valence-corrected chi connectivity index (χ1v) is 6.52. The molecule has 2 rings (SSSR count). The maximum atomic E-state index is 13.2. The summed E-state index contributed by atoms with van der Waals surface area (Å²) in [5.74, 6) is -0.320. The lowest BCUT2D eigenvalue weighted by Crippen LogP contribution is -2.36. The number of benzene rings is 1. The minimum atomic E-state index is -0.337. The summed E-state index contributed by atoms with van der Waals surface area (Å²) in [5.41, 5.74) is 0.542. The molecule has 92 valence electrons. The predicted octanol–water partition coefficient (Wildman–Crippen LogP) is 2.68. The second kappa shape index (κ2) is 4.78.